The van der Waals surface area contributed by atoms with E-state index in [-0.39, 0.29) is 5.91 Å². The fourth-order valence-corrected chi connectivity index (χ4v) is 3.57. The Morgan fingerprint density at radius 2 is 1.73 bits per heavy atom. The molecule has 0 bridgehead atoms. The lowest BCUT2D eigenvalue weighted by Gasteiger charge is -2.36. The molecule has 0 atom stereocenters. The average Bonchev–Trinajstić information content (AvgIpc) is 2.83. The van der Waals surface area contributed by atoms with Crippen molar-refractivity contribution in [2.24, 2.45) is 0 Å². The van der Waals surface area contributed by atoms with Crippen LogP contribution in [0.2, 0.25) is 0 Å². The van der Waals surface area contributed by atoms with Gasteiger partial charge in [-0.2, -0.15) is 5.26 Å². The van der Waals surface area contributed by atoms with E-state index in [4.69, 9.17) is 5.26 Å². The molecule has 1 aliphatic rings. The molecule has 2 aromatic carbocycles. The second-order valence-electron chi connectivity index (χ2n) is 7.20. The Bertz CT molecular complexity index is 1040. The lowest BCUT2D eigenvalue weighted by atomic mass is 10.1. The molecule has 0 spiro atoms. The van der Waals surface area contributed by atoms with E-state index in [1.807, 2.05) is 30.5 Å². The molecule has 6 nitrogen and oxygen atoms in total. The minimum absolute atomic E-state index is 0.179. The fraction of sp³-hybridized carbons (Fsp3) is 0.208. The minimum Gasteiger partial charge on any atom is -0.368 e. The van der Waals surface area contributed by atoms with Gasteiger partial charge in [-0.3, -0.25) is 4.79 Å². The Morgan fingerprint density at radius 3 is 2.43 bits per heavy atom. The van der Waals surface area contributed by atoms with Gasteiger partial charge in [0.25, 0.3) is 5.91 Å². The summed E-state index contributed by atoms with van der Waals surface area (Å²) < 4.78 is 0. The predicted molar refractivity (Wildman–Crippen MR) is 117 cm³/mol. The molecule has 1 aromatic heterocycles. The Balaban J connectivity index is 1.30. The molecular formula is C24H23N5O. The second-order valence-corrected chi connectivity index (χ2v) is 7.20. The molecule has 1 saturated heterocycles. The molecule has 1 fully saturated rings. The number of nitriles is 1. The second kappa shape index (κ2) is 9.10. The van der Waals surface area contributed by atoms with Gasteiger partial charge in [-0.25, -0.2) is 4.98 Å². The maximum Gasteiger partial charge on any atom is 0.251 e. The van der Waals surface area contributed by atoms with Crippen molar-refractivity contribution in [3.8, 4) is 6.07 Å². The van der Waals surface area contributed by atoms with Crippen LogP contribution in [-0.2, 0) is 6.54 Å². The smallest absolute Gasteiger partial charge is 0.251 e. The summed E-state index contributed by atoms with van der Waals surface area (Å²) in [7, 11) is 0. The summed E-state index contributed by atoms with van der Waals surface area (Å²) in [6.07, 6.45) is 1.83. The Kier molecular flexibility index (Phi) is 5.90. The van der Waals surface area contributed by atoms with Crippen LogP contribution in [0.25, 0.3) is 0 Å². The molecule has 0 unspecified atom stereocenters. The number of anilines is 2. The summed E-state index contributed by atoms with van der Waals surface area (Å²) in [5, 5.41) is 11.9. The summed E-state index contributed by atoms with van der Waals surface area (Å²) in [4.78, 5) is 21.4. The third-order valence-corrected chi connectivity index (χ3v) is 5.26. The van der Waals surface area contributed by atoms with E-state index in [1.54, 1.807) is 24.3 Å². The molecule has 150 valence electrons. The highest BCUT2D eigenvalue weighted by molar-refractivity contribution is 5.94. The number of nitrogens with one attached hydrogen (secondary N) is 1. The molecule has 1 amide bonds. The molecule has 3 aromatic rings. The Labute approximate surface area is 176 Å². The highest BCUT2D eigenvalue weighted by atomic mass is 16.1. The number of rotatable bonds is 5. The summed E-state index contributed by atoms with van der Waals surface area (Å²) in [5.74, 6) is 0.852. The third-order valence-electron chi connectivity index (χ3n) is 5.26. The summed E-state index contributed by atoms with van der Waals surface area (Å²) in [6.45, 7) is 4.22. The molecule has 4 rings (SSSR count). The van der Waals surface area contributed by atoms with Gasteiger partial charge in [0.05, 0.1) is 11.6 Å². The molecule has 1 N–H and O–H groups in total. The topological polar surface area (TPSA) is 72.3 Å². The maximum absolute atomic E-state index is 12.3. The van der Waals surface area contributed by atoms with E-state index < -0.39 is 0 Å². The van der Waals surface area contributed by atoms with Gasteiger partial charge in [0.2, 0.25) is 0 Å². The van der Waals surface area contributed by atoms with Crippen molar-refractivity contribution in [2.75, 3.05) is 36.0 Å². The maximum atomic E-state index is 12.3. The highest BCUT2D eigenvalue weighted by Crippen LogP contribution is 2.19. The SMILES string of the molecule is N#Cc1cccc(C(=O)NCc2ccc(N3CCN(c4ccccn4)CC3)cc2)c1. The molecule has 2 heterocycles. The van der Waals surface area contributed by atoms with Gasteiger partial charge in [0, 0.05) is 50.2 Å². The first-order valence-electron chi connectivity index (χ1n) is 10.0. The molecule has 1 aliphatic heterocycles. The van der Waals surface area contributed by atoms with Crippen LogP contribution in [0.1, 0.15) is 21.5 Å². The van der Waals surface area contributed by atoms with Gasteiger partial charge in [-0.15, -0.1) is 0 Å². The summed E-state index contributed by atoms with van der Waals surface area (Å²) in [5.41, 5.74) is 3.20. The Hall–Kier alpha value is -3.85. The first-order chi connectivity index (χ1) is 14.7. The number of carbonyl (C=O) groups excluding carboxylic acids is 1. The lowest BCUT2D eigenvalue weighted by Crippen LogP contribution is -2.46. The van der Waals surface area contributed by atoms with Crippen molar-refractivity contribution in [2.45, 2.75) is 6.54 Å². The average molecular weight is 397 g/mol. The van der Waals surface area contributed by atoms with E-state index in [0.29, 0.717) is 17.7 Å². The number of pyridine rings is 1. The van der Waals surface area contributed by atoms with Crippen molar-refractivity contribution < 1.29 is 4.79 Å². The number of benzene rings is 2. The van der Waals surface area contributed by atoms with Crippen molar-refractivity contribution in [3.05, 3.63) is 89.6 Å². The van der Waals surface area contributed by atoms with E-state index >= 15 is 0 Å². The van der Waals surface area contributed by atoms with E-state index in [9.17, 15) is 4.79 Å². The van der Waals surface area contributed by atoms with E-state index in [0.717, 1.165) is 37.6 Å². The molecule has 0 saturated carbocycles. The van der Waals surface area contributed by atoms with Crippen molar-refractivity contribution >= 4 is 17.4 Å². The zero-order chi connectivity index (χ0) is 20.8. The van der Waals surface area contributed by atoms with Crippen LogP contribution < -0.4 is 15.1 Å². The number of hydrogen-bond donors (Lipinski definition) is 1. The van der Waals surface area contributed by atoms with E-state index in [1.165, 1.54) is 5.69 Å². The summed E-state index contributed by atoms with van der Waals surface area (Å²) in [6, 6.07) is 23.1. The van der Waals surface area contributed by atoms with Crippen LogP contribution >= 0.6 is 0 Å². The lowest BCUT2D eigenvalue weighted by molar-refractivity contribution is 0.0951. The third kappa shape index (κ3) is 4.58. The quantitative estimate of drug-likeness (QED) is 0.716. The molecule has 0 aliphatic carbocycles. The van der Waals surface area contributed by atoms with Gasteiger partial charge >= 0.3 is 0 Å². The largest absolute Gasteiger partial charge is 0.368 e. The molecule has 0 radical (unpaired) electrons. The van der Waals surface area contributed by atoms with E-state index in [2.05, 4.69) is 44.4 Å². The van der Waals surface area contributed by atoms with Crippen molar-refractivity contribution in [1.29, 1.82) is 5.26 Å². The first-order valence-corrected chi connectivity index (χ1v) is 10.0. The Morgan fingerprint density at radius 1 is 0.967 bits per heavy atom. The van der Waals surface area contributed by atoms with Crippen LogP contribution in [0.5, 0.6) is 0 Å². The van der Waals surface area contributed by atoms with Gasteiger partial charge in [-0.1, -0.05) is 24.3 Å². The number of hydrogen-bond acceptors (Lipinski definition) is 5. The highest BCUT2D eigenvalue weighted by Gasteiger charge is 2.18. The molecule has 6 heteroatoms. The number of nitrogens with zero attached hydrogens (tertiary/aromatic N) is 4. The van der Waals surface area contributed by atoms with Gasteiger partial charge in [-0.05, 0) is 48.0 Å². The summed E-state index contributed by atoms with van der Waals surface area (Å²) >= 11 is 0. The number of aromatic nitrogens is 1. The van der Waals surface area contributed by atoms with Crippen molar-refractivity contribution in [1.82, 2.24) is 10.3 Å². The van der Waals surface area contributed by atoms with Crippen LogP contribution in [0.3, 0.4) is 0 Å². The zero-order valence-corrected chi connectivity index (χ0v) is 16.7. The van der Waals surface area contributed by atoms with Crippen LogP contribution in [0, 0.1) is 11.3 Å². The van der Waals surface area contributed by atoms with Gasteiger partial charge in [0.15, 0.2) is 0 Å². The standard InChI is InChI=1S/C24H23N5O/c25-17-20-4-3-5-21(16-20)24(30)27-18-19-7-9-22(10-8-19)28-12-14-29(15-13-28)23-6-1-2-11-26-23/h1-11,16H,12-15,18H2,(H,27,30). The van der Waals surface area contributed by atoms with Crippen molar-refractivity contribution in [3.63, 3.8) is 0 Å². The minimum atomic E-state index is -0.179. The fourth-order valence-electron chi connectivity index (χ4n) is 3.57. The molecule has 30 heavy (non-hydrogen) atoms. The number of piperazine rings is 1. The zero-order valence-electron chi connectivity index (χ0n) is 16.7. The van der Waals surface area contributed by atoms with Gasteiger partial charge < -0.3 is 15.1 Å². The monoisotopic (exact) mass is 397 g/mol. The van der Waals surface area contributed by atoms with Gasteiger partial charge in [0.1, 0.15) is 5.82 Å². The normalized spacial score (nSPS) is 13.6. The molecular weight excluding hydrogens is 374 g/mol. The first kappa shape index (κ1) is 19.5. The number of amides is 1. The predicted octanol–water partition coefficient (Wildman–Crippen LogP) is 3.21. The number of carbonyl (C=O) groups is 1. The van der Waals surface area contributed by atoms with Crippen LogP contribution in [-0.4, -0.2) is 37.1 Å². The van der Waals surface area contributed by atoms with Crippen LogP contribution in [0.15, 0.2) is 72.9 Å². The van der Waals surface area contributed by atoms with Crippen LogP contribution in [0.4, 0.5) is 11.5 Å².